The zero-order valence-corrected chi connectivity index (χ0v) is 19.3. The predicted molar refractivity (Wildman–Crippen MR) is 121 cm³/mol. The van der Waals surface area contributed by atoms with Crippen molar-refractivity contribution in [2.24, 2.45) is 0 Å². The smallest absolute Gasteiger partial charge is 0.240 e. The Morgan fingerprint density at radius 1 is 0.839 bits per heavy atom. The number of benzene rings is 2. The fraction of sp³-hybridized carbons (Fsp3) is 0.261. The normalized spacial score (nSPS) is 13.3. The molecule has 0 saturated heterocycles. The van der Waals surface area contributed by atoms with Gasteiger partial charge in [0.25, 0.3) is 0 Å². The van der Waals surface area contributed by atoms with Gasteiger partial charge >= 0.3 is 0 Å². The minimum Gasteiger partial charge on any atom is -0.264 e. The third-order valence-corrected chi connectivity index (χ3v) is 8.65. The summed E-state index contributed by atoms with van der Waals surface area (Å²) >= 11 is 0. The molecule has 164 valence electrons. The minimum atomic E-state index is -3.88. The lowest BCUT2D eigenvalue weighted by Crippen LogP contribution is -2.32. The van der Waals surface area contributed by atoms with E-state index in [2.05, 4.69) is 9.71 Å². The lowest BCUT2D eigenvalue weighted by molar-refractivity contribution is 0.568. The molecule has 0 bridgehead atoms. The molecule has 8 heteroatoms. The van der Waals surface area contributed by atoms with Gasteiger partial charge in [-0.3, -0.25) is 4.98 Å². The van der Waals surface area contributed by atoms with Gasteiger partial charge in [-0.1, -0.05) is 49.7 Å². The molecule has 31 heavy (non-hydrogen) atoms. The van der Waals surface area contributed by atoms with Crippen molar-refractivity contribution >= 4 is 19.9 Å². The summed E-state index contributed by atoms with van der Waals surface area (Å²) in [6.07, 6.45) is 2.99. The Hall–Kier alpha value is -2.55. The van der Waals surface area contributed by atoms with E-state index in [0.717, 1.165) is 11.1 Å². The van der Waals surface area contributed by atoms with Crippen molar-refractivity contribution in [3.05, 3.63) is 89.7 Å². The number of pyridine rings is 1. The SMILES string of the molecule is Cc1ccc(S(=O)(=O)NCC(c2cccnc2)S(=O)(=O)c2ccc(C(C)C)cc2)cc1. The maximum absolute atomic E-state index is 13.4. The van der Waals surface area contributed by atoms with Gasteiger partial charge in [-0.15, -0.1) is 0 Å². The highest BCUT2D eigenvalue weighted by Gasteiger charge is 2.31. The van der Waals surface area contributed by atoms with Crippen molar-refractivity contribution in [3.8, 4) is 0 Å². The summed E-state index contributed by atoms with van der Waals surface area (Å²) in [6.45, 7) is 5.61. The first-order chi connectivity index (χ1) is 14.6. The molecule has 0 radical (unpaired) electrons. The minimum absolute atomic E-state index is 0.0849. The largest absolute Gasteiger partial charge is 0.264 e. The van der Waals surface area contributed by atoms with E-state index in [1.165, 1.54) is 18.3 Å². The number of rotatable bonds is 8. The molecule has 0 aliphatic rings. The van der Waals surface area contributed by atoms with E-state index >= 15 is 0 Å². The van der Waals surface area contributed by atoms with Crippen LogP contribution in [0, 0.1) is 6.92 Å². The quantitative estimate of drug-likeness (QED) is 0.551. The molecule has 0 saturated carbocycles. The Bertz CT molecular complexity index is 1220. The Morgan fingerprint density at radius 2 is 1.45 bits per heavy atom. The van der Waals surface area contributed by atoms with E-state index in [1.807, 2.05) is 20.8 Å². The van der Waals surface area contributed by atoms with Gasteiger partial charge in [0.05, 0.1) is 9.79 Å². The summed E-state index contributed by atoms with van der Waals surface area (Å²) in [5, 5.41) is -1.12. The number of aromatic nitrogens is 1. The molecule has 0 amide bonds. The second kappa shape index (κ2) is 9.30. The van der Waals surface area contributed by atoms with Crippen LogP contribution in [0.25, 0.3) is 0 Å². The Morgan fingerprint density at radius 3 is 2.00 bits per heavy atom. The molecule has 3 rings (SSSR count). The molecule has 1 N–H and O–H groups in total. The van der Waals surface area contributed by atoms with Crippen molar-refractivity contribution in [3.63, 3.8) is 0 Å². The summed E-state index contributed by atoms with van der Waals surface area (Å²) in [5.41, 5.74) is 2.37. The predicted octanol–water partition coefficient (Wildman–Crippen LogP) is 4.01. The van der Waals surface area contributed by atoms with E-state index in [0.29, 0.717) is 5.56 Å². The molecule has 2 aromatic carbocycles. The number of aryl methyl sites for hydroxylation is 1. The topological polar surface area (TPSA) is 93.2 Å². The summed E-state index contributed by atoms with van der Waals surface area (Å²) in [4.78, 5) is 4.24. The lowest BCUT2D eigenvalue weighted by atomic mass is 10.0. The van der Waals surface area contributed by atoms with Crippen LogP contribution in [0.3, 0.4) is 0 Å². The second-order valence-corrected chi connectivity index (χ2v) is 11.6. The number of sulfonamides is 1. The van der Waals surface area contributed by atoms with Crippen LogP contribution in [0.15, 0.2) is 82.8 Å². The van der Waals surface area contributed by atoms with Crippen molar-refractivity contribution in [2.75, 3.05) is 6.54 Å². The number of hydrogen-bond donors (Lipinski definition) is 1. The zero-order chi connectivity index (χ0) is 22.6. The van der Waals surface area contributed by atoms with Crippen molar-refractivity contribution < 1.29 is 16.8 Å². The van der Waals surface area contributed by atoms with E-state index < -0.39 is 25.1 Å². The Kier molecular flexibility index (Phi) is 6.93. The van der Waals surface area contributed by atoms with Crippen LogP contribution in [0.5, 0.6) is 0 Å². The van der Waals surface area contributed by atoms with Crippen molar-refractivity contribution in [1.82, 2.24) is 9.71 Å². The molecular weight excluding hydrogens is 432 g/mol. The number of hydrogen-bond acceptors (Lipinski definition) is 5. The number of nitrogens with zero attached hydrogens (tertiary/aromatic N) is 1. The highest BCUT2D eigenvalue weighted by Crippen LogP contribution is 2.29. The second-order valence-electron chi connectivity index (χ2n) is 7.71. The summed E-state index contributed by atoms with van der Waals surface area (Å²) in [6, 6.07) is 16.4. The standard InChI is InChI=1S/C23H26N2O4S2/c1-17(2)19-8-12-21(13-9-19)30(26,27)23(20-5-4-14-24-15-20)16-25-31(28,29)22-10-6-18(3)7-11-22/h4-15,17,23,25H,16H2,1-3H3. The molecular formula is C23H26N2O4S2. The van der Waals surface area contributed by atoms with Gasteiger partial charge in [0.15, 0.2) is 9.84 Å². The van der Waals surface area contributed by atoms with Crippen LogP contribution in [-0.2, 0) is 19.9 Å². The fourth-order valence-corrected chi connectivity index (χ4v) is 5.96. The van der Waals surface area contributed by atoms with Crippen molar-refractivity contribution in [2.45, 2.75) is 41.7 Å². The zero-order valence-electron chi connectivity index (χ0n) is 17.7. The monoisotopic (exact) mass is 458 g/mol. The van der Waals surface area contributed by atoms with Crippen LogP contribution in [0.1, 0.15) is 41.7 Å². The molecule has 1 heterocycles. The third kappa shape index (κ3) is 5.39. The van der Waals surface area contributed by atoms with E-state index in [-0.39, 0.29) is 22.3 Å². The van der Waals surface area contributed by atoms with Gasteiger partial charge in [-0.25, -0.2) is 21.6 Å². The first-order valence-electron chi connectivity index (χ1n) is 9.91. The first-order valence-corrected chi connectivity index (χ1v) is 12.9. The van der Waals surface area contributed by atoms with E-state index in [1.54, 1.807) is 54.7 Å². The Labute approximate surface area is 184 Å². The van der Waals surface area contributed by atoms with Gasteiger partial charge in [-0.05, 0) is 54.3 Å². The molecule has 0 fully saturated rings. The van der Waals surface area contributed by atoms with E-state index in [4.69, 9.17) is 0 Å². The van der Waals surface area contributed by atoms with Gasteiger partial charge in [-0.2, -0.15) is 0 Å². The molecule has 0 spiro atoms. The molecule has 6 nitrogen and oxygen atoms in total. The van der Waals surface area contributed by atoms with Gasteiger partial charge in [0.1, 0.15) is 5.25 Å². The summed E-state index contributed by atoms with van der Waals surface area (Å²) in [5.74, 6) is 0.271. The maximum atomic E-state index is 13.4. The molecule has 1 aromatic heterocycles. The van der Waals surface area contributed by atoms with E-state index in [9.17, 15) is 16.8 Å². The first kappa shape index (κ1) is 23.1. The van der Waals surface area contributed by atoms with Crippen LogP contribution in [0.4, 0.5) is 0 Å². The molecule has 1 atom stereocenters. The van der Waals surface area contributed by atoms with Crippen LogP contribution >= 0.6 is 0 Å². The lowest BCUT2D eigenvalue weighted by Gasteiger charge is -2.19. The van der Waals surface area contributed by atoms with Gasteiger partial charge in [0, 0.05) is 18.9 Å². The Balaban J connectivity index is 1.94. The molecule has 0 aliphatic heterocycles. The number of sulfone groups is 1. The van der Waals surface area contributed by atoms with Crippen LogP contribution in [-0.4, -0.2) is 28.4 Å². The molecule has 0 aliphatic carbocycles. The van der Waals surface area contributed by atoms with Crippen LogP contribution in [0.2, 0.25) is 0 Å². The molecule has 1 unspecified atom stereocenters. The molecule has 3 aromatic rings. The van der Waals surface area contributed by atoms with Crippen LogP contribution < -0.4 is 4.72 Å². The highest BCUT2D eigenvalue weighted by atomic mass is 32.2. The highest BCUT2D eigenvalue weighted by molar-refractivity contribution is 7.92. The van der Waals surface area contributed by atoms with Gasteiger partial charge in [0.2, 0.25) is 10.0 Å². The third-order valence-electron chi connectivity index (χ3n) is 5.10. The van der Waals surface area contributed by atoms with Crippen molar-refractivity contribution in [1.29, 1.82) is 0 Å². The average Bonchev–Trinajstić information content (AvgIpc) is 2.75. The summed E-state index contributed by atoms with van der Waals surface area (Å²) in [7, 11) is -7.75. The average molecular weight is 459 g/mol. The summed E-state index contributed by atoms with van der Waals surface area (Å²) < 4.78 is 54.8. The number of nitrogens with one attached hydrogen (secondary N) is 1. The maximum Gasteiger partial charge on any atom is 0.240 e. The fourth-order valence-electron chi connectivity index (χ4n) is 3.17. The van der Waals surface area contributed by atoms with Gasteiger partial charge < -0.3 is 0 Å².